The fourth-order valence-electron chi connectivity index (χ4n) is 3.69. The van der Waals surface area contributed by atoms with Gasteiger partial charge in [-0.05, 0) is 23.6 Å². The minimum atomic E-state index is -0.142. The summed E-state index contributed by atoms with van der Waals surface area (Å²) in [5, 5.41) is 10.7. The predicted molar refractivity (Wildman–Crippen MR) is 115 cm³/mol. The molecule has 1 aliphatic rings. The number of benzene rings is 1. The van der Waals surface area contributed by atoms with E-state index in [2.05, 4.69) is 20.1 Å². The van der Waals surface area contributed by atoms with E-state index in [0.717, 1.165) is 18.0 Å². The Bertz CT molecular complexity index is 1260. The number of para-hydroxylation sites is 1. The fraction of sp³-hybridized carbons (Fsp3) is 0.286. The number of rotatable bonds is 5. The molecule has 10 heteroatoms. The second kappa shape index (κ2) is 8.40. The average molecular weight is 436 g/mol. The average Bonchev–Trinajstić information content (AvgIpc) is 3.48. The zero-order chi connectivity index (χ0) is 21.2. The first-order valence-corrected chi connectivity index (χ1v) is 10.9. The molecule has 0 N–H and O–H groups in total. The van der Waals surface area contributed by atoms with Crippen molar-refractivity contribution in [3.63, 3.8) is 0 Å². The molecule has 4 heterocycles. The molecule has 4 aromatic rings. The number of aromatic nitrogens is 4. The van der Waals surface area contributed by atoms with Gasteiger partial charge in [-0.25, -0.2) is 0 Å². The molecule has 0 spiro atoms. The van der Waals surface area contributed by atoms with Crippen LogP contribution >= 0.6 is 11.3 Å². The summed E-state index contributed by atoms with van der Waals surface area (Å²) in [7, 11) is 0. The van der Waals surface area contributed by atoms with Gasteiger partial charge in [0.1, 0.15) is 6.54 Å². The minimum Gasteiger partial charge on any atom is -0.339 e. The van der Waals surface area contributed by atoms with Gasteiger partial charge in [-0.1, -0.05) is 23.4 Å². The first-order chi connectivity index (χ1) is 15.2. The SMILES string of the molecule is O=C(Cn1ncc(=O)c2ccccc21)N1CCN(Cc2nc(-c3cccs3)no2)CC1. The van der Waals surface area contributed by atoms with Crippen LogP contribution in [0.1, 0.15) is 5.89 Å². The molecule has 0 radical (unpaired) electrons. The molecule has 0 unspecified atom stereocenters. The Labute approximate surface area is 181 Å². The van der Waals surface area contributed by atoms with Gasteiger partial charge in [0.05, 0.1) is 23.1 Å². The molecule has 5 rings (SSSR count). The molecule has 0 atom stereocenters. The van der Waals surface area contributed by atoms with Crippen LogP contribution in [0.15, 0.2) is 57.3 Å². The van der Waals surface area contributed by atoms with Crippen LogP contribution in [0, 0.1) is 0 Å². The second-order valence-corrected chi connectivity index (χ2v) is 8.28. The van der Waals surface area contributed by atoms with E-state index in [4.69, 9.17) is 4.52 Å². The van der Waals surface area contributed by atoms with Gasteiger partial charge < -0.3 is 9.42 Å². The van der Waals surface area contributed by atoms with E-state index in [9.17, 15) is 9.59 Å². The number of nitrogens with zero attached hydrogens (tertiary/aromatic N) is 6. The molecule has 31 heavy (non-hydrogen) atoms. The topological polar surface area (TPSA) is 97.4 Å². The van der Waals surface area contributed by atoms with Gasteiger partial charge >= 0.3 is 0 Å². The predicted octanol–water partition coefficient (Wildman–Crippen LogP) is 1.85. The molecule has 1 saturated heterocycles. The Morgan fingerprint density at radius 3 is 2.74 bits per heavy atom. The van der Waals surface area contributed by atoms with Crippen LogP contribution in [0.2, 0.25) is 0 Å². The van der Waals surface area contributed by atoms with Crippen molar-refractivity contribution < 1.29 is 9.32 Å². The third-order valence-electron chi connectivity index (χ3n) is 5.34. The molecule has 0 bridgehead atoms. The van der Waals surface area contributed by atoms with Gasteiger partial charge in [0, 0.05) is 31.6 Å². The van der Waals surface area contributed by atoms with E-state index in [1.807, 2.05) is 40.6 Å². The highest BCUT2D eigenvalue weighted by Gasteiger charge is 2.23. The molecule has 0 saturated carbocycles. The number of piperazine rings is 1. The first-order valence-electron chi connectivity index (χ1n) is 9.99. The number of carbonyl (C=O) groups excluding carboxylic acids is 1. The van der Waals surface area contributed by atoms with Crippen LogP contribution in [0.25, 0.3) is 21.6 Å². The van der Waals surface area contributed by atoms with Gasteiger partial charge in [-0.3, -0.25) is 19.2 Å². The lowest BCUT2D eigenvalue weighted by Gasteiger charge is -2.34. The largest absolute Gasteiger partial charge is 0.339 e. The number of hydrogen-bond acceptors (Lipinski definition) is 8. The van der Waals surface area contributed by atoms with Gasteiger partial charge in [0.25, 0.3) is 0 Å². The molecule has 1 amide bonds. The second-order valence-electron chi connectivity index (χ2n) is 7.33. The summed E-state index contributed by atoms with van der Waals surface area (Å²) < 4.78 is 6.97. The third kappa shape index (κ3) is 4.12. The van der Waals surface area contributed by atoms with Gasteiger partial charge in [0.15, 0.2) is 0 Å². The highest BCUT2D eigenvalue weighted by atomic mass is 32.1. The van der Waals surface area contributed by atoms with Gasteiger partial charge in [-0.15, -0.1) is 11.3 Å². The maximum atomic E-state index is 12.8. The lowest BCUT2D eigenvalue weighted by molar-refractivity contribution is -0.133. The molecule has 9 nitrogen and oxygen atoms in total. The summed E-state index contributed by atoms with van der Waals surface area (Å²) in [6, 6.07) is 11.1. The van der Waals surface area contributed by atoms with Crippen LogP contribution in [-0.2, 0) is 17.9 Å². The number of fused-ring (bicyclic) bond motifs is 1. The summed E-state index contributed by atoms with van der Waals surface area (Å²) in [6.45, 7) is 3.34. The van der Waals surface area contributed by atoms with Crippen molar-refractivity contribution in [2.75, 3.05) is 26.2 Å². The number of amides is 1. The maximum Gasteiger partial charge on any atom is 0.244 e. The Kier molecular flexibility index (Phi) is 5.31. The molecule has 0 aliphatic carbocycles. The van der Waals surface area contributed by atoms with Gasteiger partial charge in [-0.2, -0.15) is 10.1 Å². The Hall–Kier alpha value is -3.37. The van der Waals surface area contributed by atoms with Crippen LogP contribution in [0.4, 0.5) is 0 Å². The van der Waals surface area contributed by atoms with Crippen molar-refractivity contribution in [3.8, 4) is 10.7 Å². The van der Waals surface area contributed by atoms with Crippen molar-refractivity contribution in [3.05, 3.63) is 64.1 Å². The lowest BCUT2D eigenvalue weighted by atomic mass is 10.2. The Balaban J connectivity index is 1.19. The van der Waals surface area contributed by atoms with E-state index in [0.29, 0.717) is 42.3 Å². The maximum absolute atomic E-state index is 12.8. The monoisotopic (exact) mass is 436 g/mol. The zero-order valence-corrected chi connectivity index (χ0v) is 17.5. The van der Waals surface area contributed by atoms with Crippen molar-refractivity contribution in [2.45, 2.75) is 13.1 Å². The smallest absolute Gasteiger partial charge is 0.244 e. The summed E-state index contributed by atoms with van der Waals surface area (Å²) in [4.78, 5) is 34.3. The molecule has 3 aromatic heterocycles. The van der Waals surface area contributed by atoms with E-state index in [-0.39, 0.29) is 17.9 Å². The van der Waals surface area contributed by atoms with Crippen LogP contribution in [0.5, 0.6) is 0 Å². The first kappa shape index (κ1) is 19.6. The molecule has 1 fully saturated rings. The Morgan fingerprint density at radius 2 is 1.94 bits per heavy atom. The van der Waals surface area contributed by atoms with E-state index >= 15 is 0 Å². The van der Waals surface area contributed by atoms with Crippen LogP contribution in [-0.4, -0.2) is 61.8 Å². The van der Waals surface area contributed by atoms with Crippen molar-refractivity contribution in [2.24, 2.45) is 0 Å². The fourth-order valence-corrected chi connectivity index (χ4v) is 4.34. The summed E-state index contributed by atoms with van der Waals surface area (Å²) in [6.07, 6.45) is 1.27. The van der Waals surface area contributed by atoms with Crippen LogP contribution < -0.4 is 5.43 Å². The van der Waals surface area contributed by atoms with Crippen molar-refractivity contribution in [1.82, 2.24) is 29.7 Å². The standard InChI is InChI=1S/C21H20N6O3S/c28-17-12-22-27(16-5-2-1-4-15(16)17)14-20(29)26-9-7-25(8-10-26)13-19-23-21(24-30-19)18-6-3-11-31-18/h1-6,11-12H,7-10,13-14H2. The highest BCUT2D eigenvalue weighted by Crippen LogP contribution is 2.21. The molecular weight excluding hydrogens is 416 g/mol. The number of thiophene rings is 1. The minimum absolute atomic E-state index is 0.0151. The van der Waals surface area contributed by atoms with Crippen molar-refractivity contribution in [1.29, 1.82) is 0 Å². The molecular formula is C21H20N6O3S. The van der Waals surface area contributed by atoms with E-state index in [1.165, 1.54) is 6.20 Å². The number of carbonyl (C=O) groups is 1. The normalized spacial score (nSPS) is 14.9. The lowest BCUT2D eigenvalue weighted by Crippen LogP contribution is -2.49. The molecule has 1 aliphatic heterocycles. The Morgan fingerprint density at radius 1 is 1.10 bits per heavy atom. The zero-order valence-electron chi connectivity index (χ0n) is 16.7. The summed E-state index contributed by atoms with van der Waals surface area (Å²) in [5.74, 6) is 1.17. The summed E-state index contributed by atoms with van der Waals surface area (Å²) >= 11 is 1.57. The molecule has 158 valence electrons. The van der Waals surface area contributed by atoms with Crippen LogP contribution in [0.3, 0.4) is 0 Å². The van der Waals surface area contributed by atoms with E-state index in [1.54, 1.807) is 22.1 Å². The molecule has 1 aromatic carbocycles. The van der Waals surface area contributed by atoms with E-state index < -0.39 is 0 Å². The number of hydrogen-bond donors (Lipinski definition) is 0. The highest BCUT2D eigenvalue weighted by molar-refractivity contribution is 7.13. The quantitative estimate of drug-likeness (QED) is 0.471. The van der Waals surface area contributed by atoms with Crippen molar-refractivity contribution >= 4 is 28.1 Å². The summed E-state index contributed by atoms with van der Waals surface area (Å²) in [5.41, 5.74) is 0.524. The van der Waals surface area contributed by atoms with Gasteiger partial charge in [0.2, 0.25) is 23.1 Å². The third-order valence-corrected chi connectivity index (χ3v) is 6.21.